The van der Waals surface area contributed by atoms with Crippen LogP contribution in [0.25, 0.3) is 16.8 Å². The molecule has 0 radical (unpaired) electrons. The van der Waals surface area contributed by atoms with Crippen molar-refractivity contribution in [2.24, 2.45) is 0 Å². The van der Waals surface area contributed by atoms with E-state index in [1.165, 1.54) is 0 Å². The minimum absolute atomic E-state index is 0.340. The van der Waals surface area contributed by atoms with Crippen LogP contribution in [0.1, 0.15) is 5.56 Å². The lowest BCUT2D eigenvalue weighted by Crippen LogP contribution is -2.17. The highest BCUT2D eigenvalue weighted by atomic mass is 79.9. The molecule has 6 heteroatoms. The van der Waals surface area contributed by atoms with Crippen LogP contribution in [0.3, 0.4) is 0 Å². The van der Waals surface area contributed by atoms with E-state index < -0.39 is 0 Å². The molecular formula is C15H10BrNO3S. The molecule has 4 nitrogen and oxygen atoms in total. The van der Waals surface area contributed by atoms with Crippen LogP contribution >= 0.6 is 27.7 Å². The van der Waals surface area contributed by atoms with E-state index in [0.717, 1.165) is 38.3 Å². The van der Waals surface area contributed by atoms with Crippen LogP contribution in [-0.2, 0) is 4.79 Å². The SMILES string of the molecule is COc1ccc2c(Br)c(C=C3SC(=O)NC3=O)ccc2c1. The van der Waals surface area contributed by atoms with Crippen molar-refractivity contribution in [2.75, 3.05) is 7.11 Å². The van der Waals surface area contributed by atoms with Crippen LogP contribution in [0.15, 0.2) is 39.7 Å². The summed E-state index contributed by atoms with van der Waals surface area (Å²) in [6, 6.07) is 9.62. The summed E-state index contributed by atoms with van der Waals surface area (Å²) >= 11 is 4.47. The van der Waals surface area contributed by atoms with Crippen molar-refractivity contribution in [3.63, 3.8) is 0 Å². The Hall–Kier alpha value is -1.79. The van der Waals surface area contributed by atoms with Crippen molar-refractivity contribution in [3.8, 4) is 5.75 Å². The predicted octanol–water partition coefficient (Wildman–Crippen LogP) is 3.93. The molecule has 0 aliphatic carbocycles. The van der Waals surface area contributed by atoms with E-state index in [-0.39, 0.29) is 11.1 Å². The van der Waals surface area contributed by atoms with Gasteiger partial charge in [0.2, 0.25) is 0 Å². The molecule has 2 amide bonds. The number of hydrogen-bond donors (Lipinski definition) is 1. The normalized spacial score (nSPS) is 16.6. The largest absolute Gasteiger partial charge is 0.497 e. The van der Waals surface area contributed by atoms with E-state index in [0.29, 0.717) is 4.91 Å². The zero-order valence-electron chi connectivity index (χ0n) is 11.0. The van der Waals surface area contributed by atoms with Gasteiger partial charge in [-0.15, -0.1) is 0 Å². The quantitative estimate of drug-likeness (QED) is 0.821. The standard InChI is InChI=1S/C15H10BrNO3S/c1-20-10-4-5-11-8(6-10)2-3-9(13(11)16)7-12-14(18)17-15(19)21-12/h2-7H,1H3,(H,17,18,19). The maximum absolute atomic E-state index is 11.6. The van der Waals surface area contributed by atoms with Crippen LogP contribution in [-0.4, -0.2) is 18.3 Å². The number of benzene rings is 2. The maximum atomic E-state index is 11.6. The minimum Gasteiger partial charge on any atom is -0.497 e. The second-order valence-corrected chi connectivity index (χ2v) is 6.22. The number of fused-ring (bicyclic) bond motifs is 1. The number of carbonyl (C=O) groups excluding carboxylic acids is 2. The summed E-state index contributed by atoms with van der Waals surface area (Å²) in [5.41, 5.74) is 0.847. The van der Waals surface area contributed by atoms with Gasteiger partial charge in [-0.25, -0.2) is 0 Å². The average molecular weight is 364 g/mol. The van der Waals surface area contributed by atoms with Gasteiger partial charge in [-0.2, -0.15) is 0 Å². The van der Waals surface area contributed by atoms with Gasteiger partial charge in [0.1, 0.15) is 5.75 Å². The number of methoxy groups -OCH3 is 1. The number of nitrogens with one attached hydrogen (secondary N) is 1. The first kappa shape index (κ1) is 14.2. The Morgan fingerprint density at radius 3 is 2.71 bits per heavy atom. The molecule has 1 N–H and O–H groups in total. The van der Waals surface area contributed by atoms with Gasteiger partial charge in [0.15, 0.2) is 0 Å². The molecule has 1 fully saturated rings. The van der Waals surface area contributed by atoms with Gasteiger partial charge in [-0.05, 0) is 68.3 Å². The van der Waals surface area contributed by atoms with Gasteiger partial charge in [0, 0.05) is 4.47 Å². The number of ether oxygens (including phenoxy) is 1. The fourth-order valence-electron chi connectivity index (χ4n) is 2.09. The molecule has 21 heavy (non-hydrogen) atoms. The third-order valence-electron chi connectivity index (χ3n) is 3.12. The Balaban J connectivity index is 2.08. The summed E-state index contributed by atoms with van der Waals surface area (Å²) in [5, 5.41) is 3.95. The van der Waals surface area contributed by atoms with Crippen molar-refractivity contribution in [2.45, 2.75) is 0 Å². The Kier molecular flexibility index (Phi) is 3.73. The summed E-state index contributed by atoms with van der Waals surface area (Å²) in [6.45, 7) is 0. The number of rotatable bonds is 2. The Morgan fingerprint density at radius 1 is 1.24 bits per heavy atom. The van der Waals surface area contributed by atoms with Gasteiger partial charge in [0.25, 0.3) is 11.1 Å². The molecule has 1 aliphatic rings. The number of carbonyl (C=O) groups is 2. The Morgan fingerprint density at radius 2 is 2.05 bits per heavy atom. The van der Waals surface area contributed by atoms with Crippen LogP contribution in [0.2, 0.25) is 0 Å². The van der Waals surface area contributed by atoms with Crippen molar-refractivity contribution < 1.29 is 14.3 Å². The fourth-order valence-corrected chi connectivity index (χ4v) is 3.37. The maximum Gasteiger partial charge on any atom is 0.290 e. The van der Waals surface area contributed by atoms with Crippen molar-refractivity contribution >= 4 is 55.7 Å². The number of imide groups is 1. The molecule has 0 aromatic heterocycles. The zero-order valence-corrected chi connectivity index (χ0v) is 13.4. The molecular weight excluding hydrogens is 354 g/mol. The molecule has 0 unspecified atom stereocenters. The molecule has 1 saturated heterocycles. The average Bonchev–Trinajstić information content (AvgIpc) is 2.79. The second kappa shape index (κ2) is 5.54. The molecule has 106 valence electrons. The molecule has 1 heterocycles. The predicted molar refractivity (Wildman–Crippen MR) is 87.3 cm³/mol. The highest BCUT2D eigenvalue weighted by Gasteiger charge is 2.25. The molecule has 3 rings (SSSR count). The third-order valence-corrected chi connectivity index (χ3v) is 4.82. The minimum atomic E-state index is -0.355. The van der Waals surface area contributed by atoms with Crippen molar-refractivity contribution in [1.29, 1.82) is 0 Å². The van der Waals surface area contributed by atoms with Crippen LogP contribution in [0, 0.1) is 0 Å². The molecule has 2 aromatic carbocycles. The second-order valence-electron chi connectivity index (χ2n) is 4.41. The number of thioether (sulfide) groups is 1. The van der Waals surface area contributed by atoms with Crippen LogP contribution in [0.5, 0.6) is 5.75 Å². The molecule has 2 aromatic rings. The van der Waals surface area contributed by atoms with E-state index in [1.54, 1.807) is 13.2 Å². The first-order chi connectivity index (χ1) is 10.1. The summed E-state index contributed by atoms with van der Waals surface area (Å²) in [7, 11) is 1.63. The number of halogens is 1. The van der Waals surface area contributed by atoms with Gasteiger partial charge in [0.05, 0.1) is 12.0 Å². The first-order valence-corrected chi connectivity index (χ1v) is 7.70. The lowest BCUT2D eigenvalue weighted by Gasteiger charge is -2.07. The highest BCUT2D eigenvalue weighted by molar-refractivity contribution is 9.10. The smallest absolute Gasteiger partial charge is 0.290 e. The van der Waals surface area contributed by atoms with Crippen LogP contribution < -0.4 is 10.1 Å². The highest BCUT2D eigenvalue weighted by Crippen LogP contribution is 2.33. The summed E-state index contributed by atoms with van der Waals surface area (Å²) in [5.74, 6) is 0.434. The van der Waals surface area contributed by atoms with Gasteiger partial charge in [-0.3, -0.25) is 14.9 Å². The summed E-state index contributed by atoms with van der Waals surface area (Å²) < 4.78 is 6.08. The summed E-state index contributed by atoms with van der Waals surface area (Å²) in [6.07, 6.45) is 1.71. The van der Waals surface area contributed by atoms with E-state index in [2.05, 4.69) is 21.2 Å². The number of amides is 2. The molecule has 0 spiro atoms. The first-order valence-electron chi connectivity index (χ1n) is 6.09. The van der Waals surface area contributed by atoms with E-state index in [9.17, 15) is 9.59 Å². The molecule has 0 bridgehead atoms. The topological polar surface area (TPSA) is 55.4 Å². The monoisotopic (exact) mass is 363 g/mol. The lowest BCUT2D eigenvalue weighted by atomic mass is 10.1. The molecule has 1 aliphatic heterocycles. The van der Waals surface area contributed by atoms with E-state index in [4.69, 9.17) is 4.74 Å². The molecule has 0 atom stereocenters. The zero-order chi connectivity index (χ0) is 15.0. The summed E-state index contributed by atoms with van der Waals surface area (Å²) in [4.78, 5) is 23.2. The lowest BCUT2D eigenvalue weighted by molar-refractivity contribution is -0.115. The Bertz CT molecular complexity index is 801. The van der Waals surface area contributed by atoms with Gasteiger partial charge in [-0.1, -0.05) is 12.1 Å². The Labute approximate surface area is 133 Å². The van der Waals surface area contributed by atoms with E-state index in [1.807, 2.05) is 30.3 Å². The van der Waals surface area contributed by atoms with E-state index >= 15 is 0 Å². The van der Waals surface area contributed by atoms with Crippen LogP contribution in [0.4, 0.5) is 4.79 Å². The fraction of sp³-hybridized carbons (Fsp3) is 0.0667. The molecule has 0 saturated carbocycles. The number of hydrogen-bond acceptors (Lipinski definition) is 4. The van der Waals surface area contributed by atoms with Gasteiger partial charge < -0.3 is 4.74 Å². The van der Waals surface area contributed by atoms with Crippen molar-refractivity contribution in [1.82, 2.24) is 5.32 Å². The van der Waals surface area contributed by atoms with Crippen molar-refractivity contribution in [3.05, 3.63) is 45.3 Å². The third kappa shape index (κ3) is 2.69. The van der Waals surface area contributed by atoms with Gasteiger partial charge >= 0.3 is 0 Å².